The number of carbonyl (C=O) groups is 1. The van der Waals surface area contributed by atoms with Gasteiger partial charge in [-0.3, -0.25) is 0 Å². The van der Waals surface area contributed by atoms with Crippen LogP contribution in [-0.4, -0.2) is 23.5 Å². The summed E-state index contributed by atoms with van der Waals surface area (Å²) in [5.41, 5.74) is 0.257. The van der Waals surface area contributed by atoms with Gasteiger partial charge in [-0.1, -0.05) is 24.8 Å². The highest BCUT2D eigenvalue weighted by Crippen LogP contribution is 2.14. The quantitative estimate of drug-likeness (QED) is 0.482. The molecule has 92 valence electrons. The zero-order valence-corrected chi connectivity index (χ0v) is 9.92. The Morgan fingerprint density at radius 3 is 2.41 bits per heavy atom. The van der Waals surface area contributed by atoms with Gasteiger partial charge in [-0.2, -0.15) is 0 Å². The zero-order valence-electron chi connectivity index (χ0n) is 9.92. The molecule has 1 rings (SSSR count). The molecule has 4 nitrogen and oxygen atoms in total. The van der Waals surface area contributed by atoms with Crippen LogP contribution in [-0.2, 0) is 9.53 Å². The van der Waals surface area contributed by atoms with Gasteiger partial charge in [0.15, 0.2) is 0 Å². The monoisotopic (exact) mass is 236 g/mol. The fraction of sp³-hybridized carbons (Fsp3) is 0.308. The highest BCUT2D eigenvalue weighted by atomic mass is 16.7. The standard InChI is InChI=1S/C13H16O4/c1-9(2)12(15)17-13(10(3)14)16-11-7-5-4-6-8-11/h4-8,10,13-14H,1H2,2-3H3. The first-order valence-corrected chi connectivity index (χ1v) is 5.27. The summed E-state index contributed by atoms with van der Waals surface area (Å²) in [5.74, 6) is -0.0697. The number of aliphatic hydroxyl groups excluding tert-OH is 1. The van der Waals surface area contributed by atoms with Crippen LogP contribution < -0.4 is 4.74 Å². The summed E-state index contributed by atoms with van der Waals surface area (Å²) >= 11 is 0. The molecule has 4 heteroatoms. The number of hydrogen-bond acceptors (Lipinski definition) is 4. The van der Waals surface area contributed by atoms with E-state index in [2.05, 4.69) is 6.58 Å². The lowest BCUT2D eigenvalue weighted by Gasteiger charge is -2.21. The fourth-order valence-corrected chi connectivity index (χ4v) is 1.06. The number of aliphatic hydroxyl groups is 1. The van der Waals surface area contributed by atoms with E-state index in [9.17, 15) is 9.90 Å². The molecule has 1 aromatic carbocycles. The summed E-state index contributed by atoms with van der Waals surface area (Å²) in [6.45, 7) is 6.48. The summed E-state index contributed by atoms with van der Waals surface area (Å²) in [6, 6.07) is 8.84. The number of para-hydroxylation sites is 1. The molecule has 0 saturated heterocycles. The fourth-order valence-electron chi connectivity index (χ4n) is 1.06. The topological polar surface area (TPSA) is 55.8 Å². The number of esters is 1. The number of ether oxygens (including phenoxy) is 2. The summed E-state index contributed by atoms with van der Waals surface area (Å²) in [6.07, 6.45) is -1.97. The van der Waals surface area contributed by atoms with Crippen LogP contribution in [0.3, 0.4) is 0 Å². The lowest BCUT2D eigenvalue weighted by Crippen LogP contribution is -2.34. The zero-order chi connectivity index (χ0) is 12.8. The van der Waals surface area contributed by atoms with Crippen molar-refractivity contribution < 1.29 is 19.4 Å². The van der Waals surface area contributed by atoms with Crippen LogP contribution in [0.15, 0.2) is 42.5 Å². The third kappa shape index (κ3) is 4.28. The van der Waals surface area contributed by atoms with Crippen molar-refractivity contribution >= 4 is 5.97 Å². The van der Waals surface area contributed by atoms with Crippen molar-refractivity contribution in [3.63, 3.8) is 0 Å². The van der Waals surface area contributed by atoms with Gasteiger partial charge in [0.2, 0.25) is 0 Å². The van der Waals surface area contributed by atoms with Gasteiger partial charge < -0.3 is 14.6 Å². The van der Waals surface area contributed by atoms with Gasteiger partial charge >= 0.3 is 5.97 Å². The molecular weight excluding hydrogens is 220 g/mol. The second-order valence-corrected chi connectivity index (χ2v) is 3.73. The Labute approximate surface area is 100 Å². The lowest BCUT2D eigenvalue weighted by atomic mass is 10.3. The molecule has 0 fully saturated rings. The Kier molecular flexibility index (Phi) is 4.72. The van der Waals surface area contributed by atoms with Gasteiger partial charge in [0.1, 0.15) is 11.9 Å². The summed E-state index contributed by atoms with van der Waals surface area (Å²) in [5, 5.41) is 9.47. The van der Waals surface area contributed by atoms with Crippen LogP contribution in [0.1, 0.15) is 13.8 Å². The van der Waals surface area contributed by atoms with Crippen LogP contribution in [0.4, 0.5) is 0 Å². The van der Waals surface area contributed by atoms with E-state index in [1.165, 1.54) is 13.8 Å². The van der Waals surface area contributed by atoms with Crippen LogP contribution in [0, 0.1) is 0 Å². The highest BCUT2D eigenvalue weighted by Gasteiger charge is 2.21. The molecule has 0 heterocycles. The normalized spacial score (nSPS) is 13.6. The molecule has 0 aromatic heterocycles. The highest BCUT2D eigenvalue weighted by molar-refractivity contribution is 5.87. The minimum absolute atomic E-state index is 0.257. The Balaban J connectivity index is 2.67. The van der Waals surface area contributed by atoms with Gasteiger partial charge in [-0.25, -0.2) is 4.79 Å². The molecular formula is C13H16O4. The van der Waals surface area contributed by atoms with E-state index in [0.29, 0.717) is 5.75 Å². The van der Waals surface area contributed by atoms with Gasteiger partial charge in [-0.05, 0) is 26.0 Å². The first kappa shape index (κ1) is 13.3. The Bertz CT molecular complexity index is 384. The van der Waals surface area contributed by atoms with Crippen molar-refractivity contribution in [1.29, 1.82) is 0 Å². The molecule has 0 bridgehead atoms. The van der Waals surface area contributed by atoms with E-state index in [1.807, 2.05) is 6.07 Å². The molecule has 0 aliphatic carbocycles. The Hall–Kier alpha value is -1.81. The minimum atomic E-state index is -1.04. The number of hydrogen-bond donors (Lipinski definition) is 1. The third-order valence-corrected chi connectivity index (χ3v) is 1.96. The van der Waals surface area contributed by atoms with E-state index in [4.69, 9.17) is 9.47 Å². The first-order valence-electron chi connectivity index (χ1n) is 5.27. The Morgan fingerprint density at radius 1 is 1.35 bits per heavy atom. The van der Waals surface area contributed by atoms with E-state index in [1.54, 1.807) is 24.3 Å². The van der Waals surface area contributed by atoms with E-state index in [0.717, 1.165) is 0 Å². The number of benzene rings is 1. The smallest absolute Gasteiger partial charge is 0.336 e. The van der Waals surface area contributed by atoms with Crippen molar-refractivity contribution in [2.75, 3.05) is 0 Å². The molecule has 2 unspecified atom stereocenters. The van der Waals surface area contributed by atoms with Gasteiger partial charge in [0.25, 0.3) is 6.29 Å². The molecule has 1 N–H and O–H groups in total. The molecule has 17 heavy (non-hydrogen) atoms. The van der Waals surface area contributed by atoms with Crippen LogP contribution >= 0.6 is 0 Å². The maximum Gasteiger partial charge on any atom is 0.336 e. The number of rotatable bonds is 5. The average molecular weight is 236 g/mol. The maximum absolute atomic E-state index is 11.3. The van der Waals surface area contributed by atoms with Crippen molar-refractivity contribution in [2.24, 2.45) is 0 Å². The lowest BCUT2D eigenvalue weighted by molar-refractivity contribution is -0.173. The van der Waals surface area contributed by atoms with Gasteiger partial charge in [0.05, 0.1) is 0 Å². The summed E-state index contributed by atoms with van der Waals surface area (Å²) in [4.78, 5) is 11.3. The van der Waals surface area contributed by atoms with Crippen LogP contribution in [0.5, 0.6) is 5.75 Å². The minimum Gasteiger partial charge on any atom is -0.452 e. The van der Waals surface area contributed by atoms with E-state index < -0.39 is 18.4 Å². The predicted octanol–water partition coefficient (Wildman–Crippen LogP) is 1.89. The molecule has 0 radical (unpaired) electrons. The third-order valence-electron chi connectivity index (χ3n) is 1.96. The summed E-state index contributed by atoms with van der Waals surface area (Å²) in [7, 11) is 0. The molecule has 0 amide bonds. The van der Waals surface area contributed by atoms with E-state index in [-0.39, 0.29) is 5.57 Å². The second kappa shape index (κ2) is 6.06. The Morgan fingerprint density at radius 2 is 1.94 bits per heavy atom. The van der Waals surface area contributed by atoms with Gasteiger partial charge in [0, 0.05) is 5.57 Å². The SMILES string of the molecule is C=C(C)C(=O)OC(Oc1ccccc1)C(C)O. The predicted molar refractivity (Wildman–Crippen MR) is 63.4 cm³/mol. The number of carbonyl (C=O) groups excluding carboxylic acids is 1. The largest absolute Gasteiger partial charge is 0.452 e. The summed E-state index contributed by atoms with van der Waals surface area (Å²) < 4.78 is 10.3. The van der Waals surface area contributed by atoms with Crippen molar-refractivity contribution in [3.8, 4) is 5.75 Å². The molecule has 0 saturated carbocycles. The molecule has 0 aliphatic heterocycles. The molecule has 1 aromatic rings. The van der Waals surface area contributed by atoms with Crippen molar-refractivity contribution in [3.05, 3.63) is 42.5 Å². The molecule has 2 atom stereocenters. The van der Waals surface area contributed by atoms with Crippen molar-refractivity contribution in [1.82, 2.24) is 0 Å². The maximum atomic E-state index is 11.3. The molecule has 0 spiro atoms. The van der Waals surface area contributed by atoms with Crippen LogP contribution in [0.2, 0.25) is 0 Å². The van der Waals surface area contributed by atoms with Gasteiger partial charge in [-0.15, -0.1) is 0 Å². The van der Waals surface area contributed by atoms with Crippen molar-refractivity contribution in [2.45, 2.75) is 26.2 Å². The first-order chi connectivity index (χ1) is 8.00. The van der Waals surface area contributed by atoms with E-state index >= 15 is 0 Å². The van der Waals surface area contributed by atoms with Crippen LogP contribution in [0.25, 0.3) is 0 Å². The average Bonchev–Trinajstić information content (AvgIpc) is 2.29. The second-order valence-electron chi connectivity index (χ2n) is 3.73. The molecule has 0 aliphatic rings.